The van der Waals surface area contributed by atoms with Gasteiger partial charge in [-0.1, -0.05) is 11.6 Å². The molecular formula is C17H16ClN3O6. The maximum atomic E-state index is 12.2. The first kappa shape index (κ1) is 20.1. The number of methoxy groups -OCH3 is 1. The zero-order valence-electron chi connectivity index (χ0n) is 14.7. The number of nitro benzene ring substituents is 1. The largest absolute Gasteiger partial charge is 0.496 e. The number of esters is 1. The van der Waals surface area contributed by atoms with Crippen LogP contribution in [0.4, 0.5) is 11.4 Å². The van der Waals surface area contributed by atoms with Crippen LogP contribution in [0.25, 0.3) is 0 Å². The van der Waals surface area contributed by atoms with Crippen molar-refractivity contribution in [1.29, 1.82) is 0 Å². The first-order valence-corrected chi connectivity index (χ1v) is 8.04. The van der Waals surface area contributed by atoms with E-state index < -0.39 is 23.4 Å². The highest BCUT2D eigenvalue weighted by Gasteiger charge is 2.20. The number of ether oxygens (including phenoxy) is 2. The van der Waals surface area contributed by atoms with Crippen molar-refractivity contribution in [3.8, 4) is 5.75 Å². The van der Waals surface area contributed by atoms with Gasteiger partial charge in [-0.2, -0.15) is 0 Å². The molecule has 0 spiro atoms. The van der Waals surface area contributed by atoms with Crippen LogP contribution in [-0.4, -0.2) is 35.5 Å². The lowest BCUT2D eigenvalue weighted by Crippen LogP contribution is -2.22. The summed E-state index contributed by atoms with van der Waals surface area (Å²) in [5.41, 5.74) is 0.858. The molecule has 1 aromatic carbocycles. The number of anilines is 1. The first-order valence-electron chi connectivity index (χ1n) is 7.66. The van der Waals surface area contributed by atoms with Gasteiger partial charge in [0, 0.05) is 5.69 Å². The number of aryl methyl sites for hydroxylation is 2. The summed E-state index contributed by atoms with van der Waals surface area (Å²) in [6.07, 6.45) is 0. The van der Waals surface area contributed by atoms with Crippen LogP contribution in [0.3, 0.4) is 0 Å². The number of benzene rings is 1. The van der Waals surface area contributed by atoms with E-state index in [1.165, 1.54) is 25.3 Å². The molecule has 0 saturated heterocycles. The number of rotatable bonds is 6. The number of hydrogen-bond acceptors (Lipinski definition) is 7. The molecule has 1 amide bonds. The minimum atomic E-state index is -0.815. The fourth-order valence-corrected chi connectivity index (χ4v) is 2.68. The highest BCUT2D eigenvalue weighted by molar-refractivity contribution is 6.32. The van der Waals surface area contributed by atoms with E-state index in [-0.39, 0.29) is 27.8 Å². The van der Waals surface area contributed by atoms with Crippen molar-refractivity contribution in [3.05, 3.63) is 56.4 Å². The van der Waals surface area contributed by atoms with Gasteiger partial charge < -0.3 is 14.8 Å². The van der Waals surface area contributed by atoms with Gasteiger partial charge in [0.25, 0.3) is 11.6 Å². The SMILES string of the molecule is COc1ccc(NC(=O)COC(=O)c2c(C)cc(C)nc2Cl)c([N+](=O)[O-])c1. The standard InChI is InChI=1S/C17H16ClN3O6/c1-9-6-10(2)19-16(18)15(9)17(23)27-8-14(22)20-12-5-4-11(26-3)7-13(12)21(24)25/h4-7H,8H2,1-3H3,(H,20,22). The molecule has 2 aromatic rings. The molecule has 1 heterocycles. The molecule has 10 heteroatoms. The Bertz CT molecular complexity index is 893. The number of carbonyl (C=O) groups is 2. The summed E-state index contributed by atoms with van der Waals surface area (Å²) in [4.78, 5) is 38.6. The lowest BCUT2D eigenvalue weighted by atomic mass is 10.1. The Morgan fingerprint density at radius 3 is 2.59 bits per heavy atom. The Labute approximate surface area is 159 Å². The molecule has 142 valence electrons. The molecule has 1 aromatic heterocycles. The molecule has 0 saturated carbocycles. The van der Waals surface area contributed by atoms with Gasteiger partial charge in [0.1, 0.15) is 16.6 Å². The molecule has 0 radical (unpaired) electrons. The third kappa shape index (κ3) is 4.91. The van der Waals surface area contributed by atoms with Crippen LogP contribution in [0.2, 0.25) is 5.15 Å². The second kappa shape index (κ2) is 8.45. The highest BCUT2D eigenvalue weighted by Crippen LogP contribution is 2.29. The highest BCUT2D eigenvalue weighted by atomic mass is 35.5. The fourth-order valence-electron chi connectivity index (χ4n) is 2.32. The van der Waals surface area contributed by atoms with Crippen LogP contribution in [0.5, 0.6) is 5.75 Å². The monoisotopic (exact) mass is 393 g/mol. The van der Waals surface area contributed by atoms with E-state index in [9.17, 15) is 19.7 Å². The number of nitro groups is 1. The maximum absolute atomic E-state index is 12.2. The third-order valence-corrected chi connectivity index (χ3v) is 3.79. The van der Waals surface area contributed by atoms with Crippen LogP contribution in [0, 0.1) is 24.0 Å². The summed E-state index contributed by atoms with van der Waals surface area (Å²) in [6, 6.07) is 5.60. The molecule has 0 aliphatic carbocycles. The molecule has 0 atom stereocenters. The Kier molecular flexibility index (Phi) is 6.30. The van der Waals surface area contributed by atoms with Crippen molar-refractivity contribution in [2.75, 3.05) is 19.0 Å². The fraction of sp³-hybridized carbons (Fsp3) is 0.235. The van der Waals surface area contributed by atoms with Crippen LogP contribution < -0.4 is 10.1 Å². The van der Waals surface area contributed by atoms with Gasteiger partial charge in [0.2, 0.25) is 0 Å². The van der Waals surface area contributed by atoms with Gasteiger partial charge in [-0.15, -0.1) is 0 Å². The van der Waals surface area contributed by atoms with E-state index >= 15 is 0 Å². The topological polar surface area (TPSA) is 121 Å². The maximum Gasteiger partial charge on any atom is 0.342 e. The Morgan fingerprint density at radius 2 is 2.00 bits per heavy atom. The number of aromatic nitrogens is 1. The minimum absolute atomic E-state index is 0.0244. The summed E-state index contributed by atoms with van der Waals surface area (Å²) in [5, 5.41) is 13.4. The second-order valence-corrected chi connectivity index (χ2v) is 5.87. The molecule has 2 rings (SSSR count). The Morgan fingerprint density at radius 1 is 1.30 bits per heavy atom. The van der Waals surface area contributed by atoms with Crippen LogP contribution in [0.1, 0.15) is 21.6 Å². The van der Waals surface area contributed by atoms with E-state index in [0.717, 1.165) is 0 Å². The predicted octanol–water partition coefficient (Wildman–Crippen LogP) is 3.06. The smallest absolute Gasteiger partial charge is 0.342 e. The van der Waals surface area contributed by atoms with Crippen LogP contribution in [-0.2, 0) is 9.53 Å². The van der Waals surface area contributed by atoms with Gasteiger partial charge in [0.15, 0.2) is 6.61 Å². The number of pyridine rings is 1. The number of amides is 1. The van der Waals surface area contributed by atoms with E-state index in [4.69, 9.17) is 21.1 Å². The summed E-state index contributed by atoms with van der Waals surface area (Å²) < 4.78 is 9.86. The first-order chi connectivity index (χ1) is 12.7. The number of nitrogens with zero attached hydrogens (tertiary/aromatic N) is 2. The van der Waals surface area contributed by atoms with Crippen molar-refractivity contribution in [2.24, 2.45) is 0 Å². The summed E-state index contributed by atoms with van der Waals surface area (Å²) in [6.45, 7) is 2.74. The van der Waals surface area contributed by atoms with Crippen molar-refractivity contribution in [1.82, 2.24) is 4.98 Å². The molecular weight excluding hydrogens is 378 g/mol. The summed E-state index contributed by atoms with van der Waals surface area (Å²) in [7, 11) is 1.36. The Hall–Kier alpha value is -3.20. The number of hydrogen-bond donors (Lipinski definition) is 1. The third-order valence-electron chi connectivity index (χ3n) is 3.51. The van der Waals surface area contributed by atoms with E-state index in [1.807, 2.05) is 0 Å². The molecule has 0 aliphatic rings. The summed E-state index contributed by atoms with van der Waals surface area (Å²) in [5.74, 6) is -1.29. The minimum Gasteiger partial charge on any atom is -0.496 e. The molecule has 9 nitrogen and oxygen atoms in total. The number of nitrogens with one attached hydrogen (secondary N) is 1. The molecule has 0 fully saturated rings. The van der Waals surface area contributed by atoms with Gasteiger partial charge in [-0.05, 0) is 37.6 Å². The van der Waals surface area contributed by atoms with Crippen molar-refractivity contribution in [2.45, 2.75) is 13.8 Å². The normalized spacial score (nSPS) is 10.2. The zero-order chi connectivity index (χ0) is 20.1. The Balaban J connectivity index is 2.07. The number of halogens is 1. The summed E-state index contributed by atoms with van der Waals surface area (Å²) >= 11 is 5.96. The molecule has 0 aliphatic heterocycles. The van der Waals surface area contributed by atoms with Crippen LogP contribution in [0.15, 0.2) is 24.3 Å². The van der Waals surface area contributed by atoms with Gasteiger partial charge in [0.05, 0.1) is 23.7 Å². The van der Waals surface area contributed by atoms with E-state index in [0.29, 0.717) is 11.3 Å². The van der Waals surface area contributed by atoms with Crippen molar-refractivity contribution >= 4 is 34.9 Å². The second-order valence-electron chi connectivity index (χ2n) is 5.51. The van der Waals surface area contributed by atoms with E-state index in [2.05, 4.69) is 10.3 Å². The number of carbonyl (C=O) groups excluding carboxylic acids is 2. The van der Waals surface area contributed by atoms with Crippen LogP contribution >= 0.6 is 11.6 Å². The molecule has 27 heavy (non-hydrogen) atoms. The van der Waals surface area contributed by atoms with Gasteiger partial charge in [-0.25, -0.2) is 9.78 Å². The van der Waals surface area contributed by atoms with Crippen molar-refractivity contribution < 1.29 is 24.0 Å². The van der Waals surface area contributed by atoms with Gasteiger partial charge in [-0.3, -0.25) is 14.9 Å². The van der Waals surface area contributed by atoms with Gasteiger partial charge >= 0.3 is 5.97 Å². The zero-order valence-corrected chi connectivity index (χ0v) is 15.5. The molecule has 0 bridgehead atoms. The predicted molar refractivity (Wildman–Crippen MR) is 97.3 cm³/mol. The quantitative estimate of drug-likeness (QED) is 0.346. The lowest BCUT2D eigenvalue weighted by molar-refractivity contribution is -0.384. The lowest BCUT2D eigenvalue weighted by Gasteiger charge is -2.10. The van der Waals surface area contributed by atoms with Crippen molar-refractivity contribution in [3.63, 3.8) is 0 Å². The average molecular weight is 394 g/mol. The van der Waals surface area contributed by atoms with E-state index in [1.54, 1.807) is 19.9 Å². The molecule has 1 N–H and O–H groups in total. The average Bonchev–Trinajstić information content (AvgIpc) is 2.59. The molecule has 0 unspecified atom stereocenters.